The van der Waals surface area contributed by atoms with Crippen LogP contribution < -0.4 is 4.90 Å². The molecule has 2 heterocycles. The van der Waals surface area contributed by atoms with Gasteiger partial charge in [0.25, 0.3) is 0 Å². The van der Waals surface area contributed by atoms with Crippen LogP contribution >= 0.6 is 15.9 Å². The number of fused-ring (bicyclic) bond motifs is 2. The number of amides is 2. The Bertz CT molecular complexity index is 776. The second-order valence-electron chi connectivity index (χ2n) is 8.39. The maximum Gasteiger partial charge on any atom is 0.410 e. The zero-order valence-electron chi connectivity index (χ0n) is 16.8. The fourth-order valence-corrected chi connectivity index (χ4v) is 4.77. The molecular weight excluding hydrogens is 427 g/mol. The smallest absolute Gasteiger partial charge is 0.410 e. The number of aryl methyl sites for hydroxylation is 1. The van der Waals surface area contributed by atoms with E-state index in [0.717, 1.165) is 27.7 Å². The van der Waals surface area contributed by atoms with E-state index in [1.54, 1.807) is 9.80 Å². The highest BCUT2D eigenvalue weighted by atomic mass is 79.9. The van der Waals surface area contributed by atoms with E-state index in [-0.39, 0.29) is 12.0 Å². The van der Waals surface area contributed by atoms with Crippen molar-refractivity contribution in [3.63, 3.8) is 0 Å². The summed E-state index contributed by atoms with van der Waals surface area (Å²) in [5.41, 5.74) is 3.82. The van der Waals surface area contributed by atoms with Gasteiger partial charge in [-0.05, 0) is 79.1 Å². The SMILES string of the molecule is CC(C)(C)OC(=O)N1CCc2cc3c(c(Br)c2CC1)N(CCCF)C(=O)CC3. The Hall–Kier alpha value is -1.63. The summed E-state index contributed by atoms with van der Waals surface area (Å²) in [6.45, 7) is 6.73. The van der Waals surface area contributed by atoms with Gasteiger partial charge in [0.05, 0.1) is 12.4 Å². The lowest BCUT2D eigenvalue weighted by atomic mass is 9.93. The second-order valence-corrected chi connectivity index (χ2v) is 9.18. The van der Waals surface area contributed by atoms with Gasteiger partial charge < -0.3 is 14.5 Å². The molecule has 0 spiro atoms. The third-order valence-electron chi connectivity index (χ3n) is 5.14. The van der Waals surface area contributed by atoms with Crippen molar-refractivity contribution in [1.82, 2.24) is 4.90 Å². The molecule has 0 unspecified atom stereocenters. The van der Waals surface area contributed by atoms with E-state index in [1.807, 2.05) is 20.8 Å². The summed E-state index contributed by atoms with van der Waals surface area (Å²) in [5, 5.41) is 0. The molecule has 1 aromatic rings. The Morgan fingerprint density at radius 2 is 1.89 bits per heavy atom. The van der Waals surface area contributed by atoms with Gasteiger partial charge in [-0.1, -0.05) is 6.07 Å². The Morgan fingerprint density at radius 3 is 2.57 bits per heavy atom. The Balaban J connectivity index is 1.87. The highest BCUT2D eigenvalue weighted by Crippen LogP contribution is 2.40. The van der Waals surface area contributed by atoms with Gasteiger partial charge in [0.2, 0.25) is 5.91 Å². The number of hydrogen-bond acceptors (Lipinski definition) is 3. The minimum Gasteiger partial charge on any atom is -0.444 e. The van der Waals surface area contributed by atoms with Gasteiger partial charge >= 0.3 is 6.09 Å². The second kappa shape index (κ2) is 8.39. The zero-order chi connectivity index (χ0) is 20.5. The molecule has 0 N–H and O–H groups in total. The first kappa shape index (κ1) is 21.1. The van der Waals surface area contributed by atoms with E-state index in [4.69, 9.17) is 4.74 Å². The molecule has 154 valence electrons. The first-order valence-corrected chi connectivity index (χ1v) is 10.7. The van der Waals surface area contributed by atoms with Crippen molar-refractivity contribution in [1.29, 1.82) is 0 Å². The lowest BCUT2D eigenvalue weighted by Crippen LogP contribution is -2.38. The standard InChI is InChI=1S/C21H28BrFN2O3/c1-21(2,3)28-20(27)24-11-7-14-13-15-5-6-17(26)25(10-4-9-23)19(15)18(22)16(14)8-12-24/h13H,4-12H2,1-3H3. The minimum absolute atomic E-state index is 0.0469. The highest BCUT2D eigenvalue weighted by Gasteiger charge is 2.31. The molecule has 0 saturated carbocycles. The van der Waals surface area contributed by atoms with Crippen molar-refractivity contribution >= 4 is 33.6 Å². The van der Waals surface area contributed by atoms with Crippen molar-refractivity contribution in [3.05, 3.63) is 27.2 Å². The van der Waals surface area contributed by atoms with Crippen molar-refractivity contribution in [2.45, 2.75) is 58.5 Å². The van der Waals surface area contributed by atoms with Crippen LogP contribution in [0.1, 0.15) is 50.3 Å². The fraction of sp³-hybridized carbons (Fsp3) is 0.619. The summed E-state index contributed by atoms with van der Waals surface area (Å²) in [7, 11) is 0. The van der Waals surface area contributed by atoms with Crippen molar-refractivity contribution in [3.8, 4) is 0 Å². The first-order valence-electron chi connectivity index (χ1n) is 9.88. The Kier molecular flexibility index (Phi) is 6.32. The number of nitrogens with zero attached hydrogens (tertiary/aromatic N) is 2. The number of halogens is 2. The molecule has 0 fully saturated rings. The van der Waals surface area contributed by atoms with Crippen LogP contribution in [0.2, 0.25) is 0 Å². The molecule has 0 atom stereocenters. The molecule has 0 bridgehead atoms. The lowest BCUT2D eigenvalue weighted by molar-refractivity contribution is -0.118. The van der Waals surface area contributed by atoms with Gasteiger partial charge in [-0.3, -0.25) is 9.18 Å². The molecule has 2 aliphatic heterocycles. The summed E-state index contributed by atoms with van der Waals surface area (Å²) in [6.07, 6.45) is 2.63. The van der Waals surface area contributed by atoms with Crippen molar-refractivity contribution in [2.24, 2.45) is 0 Å². The molecular formula is C21H28BrFN2O3. The van der Waals surface area contributed by atoms with Crippen molar-refractivity contribution < 1.29 is 18.7 Å². The molecule has 2 aliphatic rings. The number of anilines is 1. The summed E-state index contributed by atoms with van der Waals surface area (Å²) in [4.78, 5) is 28.4. The van der Waals surface area contributed by atoms with Crippen LogP contribution in [-0.4, -0.2) is 48.8 Å². The van der Waals surface area contributed by atoms with E-state index >= 15 is 0 Å². The summed E-state index contributed by atoms with van der Waals surface area (Å²) < 4.78 is 19.2. The number of alkyl halides is 1. The summed E-state index contributed by atoms with van der Waals surface area (Å²) in [6, 6.07) is 2.17. The van der Waals surface area contributed by atoms with Crippen LogP contribution in [0.4, 0.5) is 14.9 Å². The van der Waals surface area contributed by atoms with Crippen LogP contribution in [0, 0.1) is 0 Å². The quantitative estimate of drug-likeness (QED) is 0.678. The number of rotatable bonds is 3. The molecule has 0 radical (unpaired) electrons. The van der Waals surface area contributed by atoms with Gasteiger partial charge in [0.15, 0.2) is 0 Å². The Morgan fingerprint density at radius 1 is 1.18 bits per heavy atom. The van der Waals surface area contributed by atoms with E-state index in [9.17, 15) is 14.0 Å². The van der Waals surface area contributed by atoms with Gasteiger partial charge in [-0.15, -0.1) is 0 Å². The summed E-state index contributed by atoms with van der Waals surface area (Å²) in [5.74, 6) is 0.0469. The lowest BCUT2D eigenvalue weighted by Gasteiger charge is -2.32. The number of carbonyl (C=O) groups is 2. The molecule has 0 aromatic heterocycles. The summed E-state index contributed by atoms with van der Waals surface area (Å²) >= 11 is 3.73. The van der Waals surface area contributed by atoms with Crippen LogP contribution in [0.3, 0.4) is 0 Å². The maximum atomic E-state index is 12.7. The van der Waals surface area contributed by atoms with Crippen molar-refractivity contribution in [2.75, 3.05) is 31.2 Å². The zero-order valence-corrected chi connectivity index (χ0v) is 18.4. The monoisotopic (exact) mass is 454 g/mol. The minimum atomic E-state index is -0.521. The normalized spacial score (nSPS) is 17.1. The predicted molar refractivity (Wildman–Crippen MR) is 111 cm³/mol. The molecule has 2 amide bonds. The number of benzene rings is 1. The molecule has 3 rings (SSSR count). The largest absolute Gasteiger partial charge is 0.444 e. The predicted octanol–water partition coefficient (Wildman–Crippen LogP) is 4.42. The van der Waals surface area contributed by atoms with Crippen LogP contribution in [0.5, 0.6) is 0 Å². The molecule has 0 saturated heterocycles. The third-order valence-corrected chi connectivity index (χ3v) is 6.00. The molecule has 7 heteroatoms. The van der Waals surface area contributed by atoms with E-state index in [2.05, 4.69) is 22.0 Å². The fourth-order valence-electron chi connectivity index (χ4n) is 3.85. The molecule has 1 aromatic carbocycles. The van der Waals surface area contributed by atoms with Gasteiger partial charge in [0, 0.05) is 30.5 Å². The van der Waals surface area contributed by atoms with Gasteiger partial charge in [0.1, 0.15) is 5.60 Å². The van der Waals surface area contributed by atoms with Crippen LogP contribution in [0.15, 0.2) is 10.5 Å². The van der Waals surface area contributed by atoms with Crippen LogP contribution in [0.25, 0.3) is 0 Å². The Labute approximate surface area is 174 Å². The maximum absolute atomic E-state index is 12.7. The average Bonchev–Trinajstić information content (AvgIpc) is 2.83. The van der Waals surface area contributed by atoms with E-state index in [1.165, 1.54) is 5.56 Å². The molecule has 28 heavy (non-hydrogen) atoms. The number of ether oxygens (including phenoxy) is 1. The highest BCUT2D eigenvalue weighted by molar-refractivity contribution is 9.10. The van der Waals surface area contributed by atoms with Gasteiger partial charge in [-0.2, -0.15) is 0 Å². The average molecular weight is 455 g/mol. The molecule has 0 aliphatic carbocycles. The van der Waals surface area contributed by atoms with Gasteiger partial charge in [-0.25, -0.2) is 4.79 Å². The topological polar surface area (TPSA) is 49.9 Å². The number of hydrogen-bond donors (Lipinski definition) is 0. The van der Waals surface area contributed by atoms with Crippen LogP contribution in [-0.2, 0) is 28.8 Å². The first-order chi connectivity index (χ1) is 13.2. The van der Waals surface area contributed by atoms with E-state index in [0.29, 0.717) is 45.3 Å². The number of carbonyl (C=O) groups excluding carboxylic acids is 2. The van der Waals surface area contributed by atoms with E-state index < -0.39 is 12.3 Å². The molecule has 5 nitrogen and oxygen atoms in total. The third kappa shape index (κ3) is 4.50.